The molecule has 2 aromatic heterocycles. The third-order valence-corrected chi connectivity index (χ3v) is 10.0. The van der Waals surface area contributed by atoms with Crippen molar-refractivity contribution in [3.63, 3.8) is 0 Å². The highest BCUT2D eigenvalue weighted by Crippen LogP contribution is 2.33. The number of thioether (sulfide) groups is 2. The Kier molecular flexibility index (Phi) is 6.38. The molecule has 2 nitrogen and oxygen atoms in total. The summed E-state index contributed by atoms with van der Waals surface area (Å²) in [6.07, 6.45) is 0. The zero-order valence-corrected chi connectivity index (χ0v) is 21.4. The molecule has 0 spiro atoms. The molecule has 2 heterocycles. The number of hydrogen-bond donors (Lipinski definition) is 0. The normalized spacial score (nSPS) is 11.4. The molecule has 0 N–H and O–H groups in total. The van der Waals surface area contributed by atoms with Gasteiger partial charge in [0.15, 0.2) is 8.68 Å². The fraction of sp³-hybridized carbons (Fsp3) is 0.0714. The van der Waals surface area contributed by atoms with Gasteiger partial charge in [0.25, 0.3) is 0 Å². The van der Waals surface area contributed by atoms with Crippen LogP contribution >= 0.6 is 46.2 Å². The molecular formula is C28H20N2S4. The number of hydrogen-bond acceptors (Lipinski definition) is 6. The lowest BCUT2D eigenvalue weighted by atomic mass is 10.0. The van der Waals surface area contributed by atoms with E-state index in [1.165, 1.54) is 31.7 Å². The van der Waals surface area contributed by atoms with Crippen molar-refractivity contribution in [2.45, 2.75) is 20.2 Å². The van der Waals surface area contributed by atoms with Gasteiger partial charge in [0.1, 0.15) is 0 Å². The average molecular weight is 513 g/mol. The first-order valence-corrected chi connectivity index (χ1v) is 14.6. The molecule has 6 rings (SSSR count). The Labute approximate surface area is 215 Å². The summed E-state index contributed by atoms with van der Waals surface area (Å²) in [4.78, 5) is 9.45. The molecule has 4 aromatic carbocycles. The highest BCUT2D eigenvalue weighted by molar-refractivity contribution is 8.00. The Morgan fingerprint density at radius 3 is 1.32 bits per heavy atom. The van der Waals surface area contributed by atoms with Crippen molar-refractivity contribution >= 4 is 66.6 Å². The van der Waals surface area contributed by atoms with E-state index in [1.807, 2.05) is 35.7 Å². The van der Waals surface area contributed by atoms with E-state index < -0.39 is 0 Å². The molecule has 0 aliphatic carbocycles. The Balaban J connectivity index is 1.07. The van der Waals surface area contributed by atoms with Crippen LogP contribution in [0.5, 0.6) is 0 Å². The van der Waals surface area contributed by atoms with Gasteiger partial charge in [0, 0.05) is 11.5 Å². The highest BCUT2D eigenvalue weighted by Gasteiger charge is 2.06. The van der Waals surface area contributed by atoms with Crippen LogP contribution in [0.25, 0.3) is 31.6 Å². The summed E-state index contributed by atoms with van der Waals surface area (Å²) in [5.41, 5.74) is 7.31. The zero-order valence-electron chi connectivity index (χ0n) is 18.2. The van der Waals surface area contributed by atoms with E-state index in [-0.39, 0.29) is 0 Å². The van der Waals surface area contributed by atoms with Gasteiger partial charge >= 0.3 is 0 Å². The van der Waals surface area contributed by atoms with E-state index >= 15 is 0 Å². The van der Waals surface area contributed by atoms with Gasteiger partial charge in [0.05, 0.1) is 20.4 Å². The predicted molar refractivity (Wildman–Crippen MR) is 150 cm³/mol. The summed E-state index contributed by atoms with van der Waals surface area (Å²) < 4.78 is 4.76. The maximum absolute atomic E-state index is 4.72. The number of aromatic nitrogens is 2. The fourth-order valence-electron chi connectivity index (χ4n) is 3.70. The predicted octanol–water partition coefficient (Wildman–Crippen LogP) is 9.16. The quantitative estimate of drug-likeness (QED) is 0.199. The van der Waals surface area contributed by atoms with Crippen LogP contribution in [0.4, 0.5) is 0 Å². The Hall–Kier alpha value is -2.64. The van der Waals surface area contributed by atoms with Crippen LogP contribution in [0, 0.1) is 0 Å². The van der Waals surface area contributed by atoms with E-state index in [4.69, 9.17) is 9.97 Å². The molecule has 0 atom stereocenters. The summed E-state index contributed by atoms with van der Waals surface area (Å²) in [6.45, 7) is 0. The highest BCUT2D eigenvalue weighted by atomic mass is 32.2. The van der Waals surface area contributed by atoms with Crippen molar-refractivity contribution in [3.8, 4) is 11.1 Å². The third-order valence-electron chi connectivity index (χ3n) is 5.51. The van der Waals surface area contributed by atoms with E-state index in [9.17, 15) is 0 Å². The summed E-state index contributed by atoms with van der Waals surface area (Å²) >= 11 is 7.15. The molecule has 6 aromatic rings. The van der Waals surface area contributed by atoms with E-state index in [0.717, 1.165) is 31.2 Å². The van der Waals surface area contributed by atoms with Gasteiger partial charge in [-0.3, -0.25) is 0 Å². The van der Waals surface area contributed by atoms with Gasteiger partial charge in [-0.05, 0) is 46.5 Å². The molecule has 0 aliphatic rings. The SMILES string of the molecule is c1ccc2sc(SCc3ccc(-c4ccc(CSc5nc6ccccc6s5)cc4)cc3)nc2c1. The number of nitrogens with zero attached hydrogens (tertiary/aromatic N) is 2. The van der Waals surface area contributed by atoms with E-state index in [1.54, 1.807) is 22.7 Å². The van der Waals surface area contributed by atoms with Crippen LogP contribution in [-0.4, -0.2) is 9.97 Å². The van der Waals surface area contributed by atoms with E-state index in [2.05, 4.69) is 84.9 Å². The van der Waals surface area contributed by atoms with Crippen LogP contribution in [0.15, 0.2) is 106 Å². The second kappa shape index (κ2) is 9.92. The molecule has 0 saturated carbocycles. The number of fused-ring (bicyclic) bond motifs is 2. The maximum atomic E-state index is 4.72. The molecule has 0 amide bonds. The lowest BCUT2D eigenvalue weighted by Crippen LogP contribution is -1.84. The van der Waals surface area contributed by atoms with Gasteiger partial charge < -0.3 is 0 Å². The Bertz CT molecular complexity index is 1360. The topological polar surface area (TPSA) is 25.8 Å². The Morgan fingerprint density at radius 2 is 0.912 bits per heavy atom. The van der Waals surface area contributed by atoms with Gasteiger partial charge in [-0.2, -0.15) is 0 Å². The van der Waals surface area contributed by atoms with Crippen LogP contribution in [0.3, 0.4) is 0 Å². The lowest BCUT2D eigenvalue weighted by molar-refractivity contribution is 1.29. The van der Waals surface area contributed by atoms with Crippen LogP contribution in [-0.2, 0) is 11.5 Å². The van der Waals surface area contributed by atoms with Crippen molar-refractivity contribution in [3.05, 3.63) is 108 Å². The molecule has 0 bridgehead atoms. The molecular weight excluding hydrogens is 493 g/mol. The van der Waals surface area contributed by atoms with Gasteiger partial charge in [-0.25, -0.2) is 9.97 Å². The molecule has 0 fully saturated rings. The van der Waals surface area contributed by atoms with Gasteiger partial charge in [-0.15, -0.1) is 22.7 Å². The van der Waals surface area contributed by atoms with Gasteiger partial charge in [-0.1, -0.05) is 96.3 Å². The smallest absolute Gasteiger partial charge is 0.151 e. The molecule has 6 heteroatoms. The van der Waals surface area contributed by atoms with Crippen molar-refractivity contribution in [2.75, 3.05) is 0 Å². The molecule has 0 saturated heterocycles. The zero-order chi connectivity index (χ0) is 22.7. The number of thiazole rings is 2. The Morgan fingerprint density at radius 1 is 0.500 bits per heavy atom. The summed E-state index contributed by atoms with van der Waals surface area (Å²) in [5, 5.41) is 0. The molecule has 0 unspecified atom stereocenters. The largest absolute Gasteiger partial charge is 0.230 e. The van der Waals surface area contributed by atoms with Crippen LogP contribution < -0.4 is 0 Å². The minimum Gasteiger partial charge on any atom is -0.230 e. The molecule has 34 heavy (non-hydrogen) atoms. The van der Waals surface area contributed by atoms with Crippen molar-refractivity contribution in [1.82, 2.24) is 9.97 Å². The summed E-state index contributed by atoms with van der Waals surface area (Å²) in [6, 6.07) is 34.5. The fourth-order valence-corrected chi connectivity index (χ4v) is 7.75. The second-order valence-corrected chi connectivity index (χ2v) is 12.4. The van der Waals surface area contributed by atoms with Crippen molar-refractivity contribution < 1.29 is 0 Å². The summed E-state index contributed by atoms with van der Waals surface area (Å²) in [7, 11) is 0. The molecule has 166 valence electrons. The first-order chi connectivity index (χ1) is 16.8. The molecule has 0 aliphatic heterocycles. The third kappa shape index (κ3) is 4.91. The number of para-hydroxylation sites is 2. The van der Waals surface area contributed by atoms with Crippen molar-refractivity contribution in [2.24, 2.45) is 0 Å². The lowest BCUT2D eigenvalue weighted by Gasteiger charge is -2.06. The monoisotopic (exact) mass is 512 g/mol. The van der Waals surface area contributed by atoms with E-state index in [0.29, 0.717) is 0 Å². The number of benzene rings is 4. The van der Waals surface area contributed by atoms with Crippen LogP contribution in [0.1, 0.15) is 11.1 Å². The standard InChI is InChI=1S/C28H20N2S4/c1-3-7-25-23(5-1)29-27(33-25)31-17-19-9-13-21(14-10-19)22-15-11-20(12-16-22)18-32-28-30-24-6-2-4-8-26(24)34-28/h1-16H,17-18H2. The first kappa shape index (κ1) is 21.9. The summed E-state index contributed by atoms with van der Waals surface area (Å²) in [5.74, 6) is 1.87. The minimum atomic E-state index is 0.933. The second-order valence-electron chi connectivity index (χ2n) is 7.87. The van der Waals surface area contributed by atoms with Crippen molar-refractivity contribution in [1.29, 1.82) is 0 Å². The van der Waals surface area contributed by atoms with Crippen LogP contribution in [0.2, 0.25) is 0 Å². The number of rotatable bonds is 7. The molecule has 0 radical (unpaired) electrons. The minimum absolute atomic E-state index is 0.933. The van der Waals surface area contributed by atoms with Gasteiger partial charge in [0.2, 0.25) is 0 Å². The average Bonchev–Trinajstić information content (AvgIpc) is 3.50. The maximum Gasteiger partial charge on any atom is 0.151 e. The first-order valence-electron chi connectivity index (χ1n) is 11.0.